The van der Waals surface area contributed by atoms with Gasteiger partial charge in [-0.2, -0.15) is 5.10 Å². The largest absolute Gasteiger partial charge is 0.324 e. The number of amides is 1. The highest BCUT2D eigenvalue weighted by Gasteiger charge is 2.26. The van der Waals surface area contributed by atoms with Crippen molar-refractivity contribution < 1.29 is 9.72 Å². The lowest BCUT2D eigenvalue weighted by Gasteiger charge is -2.08. The monoisotopic (exact) mass is 366 g/mol. The van der Waals surface area contributed by atoms with Crippen molar-refractivity contribution in [1.82, 2.24) is 10.4 Å². The Kier molecular flexibility index (Phi) is 4.18. The van der Waals surface area contributed by atoms with E-state index in [1.54, 1.807) is 6.07 Å². The van der Waals surface area contributed by atoms with Crippen LogP contribution >= 0.6 is 11.3 Å². The summed E-state index contributed by atoms with van der Waals surface area (Å²) < 4.78 is 0. The molecule has 130 valence electrons. The minimum Gasteiger partial charge on any atom is -0.267 e. The number of nitro groups is 1. The van der Waals surface area contributed by atoms with Crippen LogP contribution in [0.4, 0.5) is 5.00 Å². The van der Waals surface area contributed by atoms with Crippen molar-refractivity contribution in [3.63, 3.8) is 0 Å². The van der Waals surface area contributed by atoms with Gasteiger partial charge in [-0.3, -0.25) is 19.9 Å². The molecule has 2 aromatic heterocycles. The predicted molar refractivity (Wildman–Crippen MR) is 99.8 cm³/mol. The smallest absolute Gasteiger partial charge is 0.267 e. The van der Waals surface area contributed by atoms with E-state index in [9.17, 15) is 14.9 Å². The molecule has 0 saturated heterocycles. The molecule has 0 unspecified atom stereocenters. The lowest BCUT2D eigenvalue weighted by molar-refractivity contribution is -0.380. The molecular formula is C18H14N4O3S. The summed E-state index contributed by atoms with van der Waals surface area (Å²) in [6.07, 6.45) is 3.60. The molecule has 0 atom stereocenters. The van der Waals surface area contributed by atoms with Crippen LogP contribution < -0.4 is 5.43 Å². The minimum absolute atomic E-state index is 0.0342. The van der Waals surface area contributed by atoms with Gasteiger partial charge in [-0.1, -0.05) is 29.5 Å². The highest BCUT2D eigenvalue weighted by molar-refractivity contribution is 7.16. The number of pyridine rings is 1. The standard InChI is InChI=1S/C18H14N4O3S/c23-18(21-19-10-12-7-8-17(26-12)22(24)25)14-9-16(11-5-6-11)20-15-4-2-1-3-13(14)15/h1-4,7-11H,5-6H2,(H,21,23)/b19-10+. The fourth-order valence-corrected chi connectivity index (χ4v) is 3.39. The quantitative estimate of drug-likeness (QED) is 0.421. The normalized spacial score (nSPS) is 14.0. The highest BCUT2D eigenvalue weighted by atomic mass is 32.1. The first kappa shape index (κ1) is 16.3. The molecule has 1 saturated carbocycles. The molecule has 1 aliphatic carbocycles. The SMILES string of the molecule is O=C(N/N=C/c1ccc([N+](=O)[O-])s1)c1cc(C2CC2)nc2ccccc12. The Hall–Kier alpha value is -3.13. The highest BCUT2D eigenvalue weighted by Crippen LogP contribution is 2.40. The van der Waals surface area contributed by atoms with Gasteiger partial charge in [-0.05, 0) is 31.0 Å². The molecule has 1 fully saturated rings. The molecule has 7 nitrogen and oxygen atoms in total. The number of para-hydroxylation sites is 1. The molecular weight excluding hydrogens is 352 g/mol. The van der Waals surface area contributed by atoms with Crippen molar-refractivity contribution in [3.05, 3.63) is 68.7 Å². The first-order valence-electron chi connectivity index (χ1n) is 8.09. The van der Waals surface area contributed by atoms with Crippen molar-refractivity contribution in [2.45, 2.75) is 18.8 Å². The fraction of sp³-hybridized carbons (Fsp3) is 0.167. The Bertz CT molecular complexity index is 1040. The van der Waals surface area contributed by atoms with Crippen LogP contribution in [0.3, 0.4) is 0 Å². The van der Waals surface area contributed by atoms with E-state index in [0.29, 0.717) is 16.4 Å². The molecule has 3 aromatic rings. The minimum atomic E-state index is -0.455. The number of benzene rings is 1. The van der Waals surface area contributed by atoms with Crippen molar-refractivity contribution in [2.75, 3.05) is 0 Å². The maximum absolute atomic E-state index is 12.6. The topological polar surface area (TPSA) is 97.5 Å². The molecule has 8 heteroatoms. The summed E-state index contributed by atoms with van der Waals surface area (Å²) in [6, 6.07) is 12.4. The second kappa shape index (κ2) is 6.64. The number of rotatable bonds is 5. The first-order chi connectivity index (χ1) is 12.6. The van der Waals surface area contributed by atoms with E-state index in [1.807, 2.05) is 30.3 Å². The zero-order valence-corrected chi connectivity index (χ0v) is 14.4. The Balaban J connectivity index is 1.57. The second-order valence-corrected chi connectivity index (χ2v) is 7.11. The zero-order chi connectivity index (χ0) is 18.1. The van der Waals surface area contributed by atoms with Gasteiger partial charge >= 0.3 is 5.00 Å². The van der Waals surface area contributed by atoms with Crippen molar-refractivity contribution >= 4 is 39.4 Å². The average Bonchev–Trinajstić information content (AvgIpc) is 3.39. The lowest BCUT2D eigenvalue weighted by Crippen LogP contribution is -2.18. The summed E-state index contributed by atoms with van der Waals surface area (Å²) in [7, 11) is 0. The number of hydrazone groups is 1. The Labute approximate surface area is 152 Å². The van der Waals surface area contributed by atoms with Gasteiger partial charge < -0.3 is 0 Å². The van der Waals surface area contributed by atoms with Gasteiger partial charge in [0, 0.05) is 23.1 Å². The van der Waals surface area contributed by atoms with E-state index >= 15 is 0 Å². The maximum Gasteiger partial charge on any atom is 0.324 e. The predicted octanol–water partition coefficient (Wildman–Crippen LogP) is 3.85. The van der Waals surface area contributed by atoms with Crippen LogP contribution in [0.5, 0.6) is 0 Å². The van der Waals surface area contributed by atoms with Crippen LogP contribution in [-0.2, 0) is 0 Å². The zero-order valence-electron chi connectivity index (χ0n) is 13.6. The van der Waals surface area contributed by atoms with Crippen molar-refractivity contribution in [3.8, 4) is 0 Å². The van der Waals surface area contributed by atoms with E-state index in [2.05, 4.69) is 15.5 Å². The third-order valence-electron chi connectivity index (χ3n) is 4.13. The number of fused-ring (bicyclic) bond motifs is 1. The van der Waals surface area contributed by atoms with Gasteiger partial charge in [0.15, 0.2) is 0 Å². The number of carbonyl (C=O) groups is 1. The van der Waals surface area contributed by atoms with Crippen LogP contribution in [0.25, 0.3) is 10.9 Å². The molecule has 1 aliphatic rings. The molecule has 26 heavy (non-hydrogen) atoms. The van der Waals surface area contributed by atoms with Gasteiger partial charge in [0.2, 0.25) is 0 Å². The van der Waals surface area contributed by atoms with Crippen molar-refractivity contribution in [2.24, 2.45) is 5.10 Å². The number of nitrogens with zero attached hydrogens (tertiary/aromatic N) is 3. The number of aromatic nitrogens is 1. The van der Waals surface area contributed by atoms with Crippen LogP contribution in [-0.4, -0.2) is 22.0 Å². The van der Waals surface area contributed by atoms with Crippen LogP contribution in [0.2, 0.25) is 0 Å². The summed E-state index contributed by atoms with van der Waals surface area (Å²) in [6.45, 7) is 0. The third kappa shape index (κ3) is 3.31. The number of hydrogen-bond acceptors (Lipinski definition) is 6. The van der Waals surface area contributed by atoms with E-state index in [1.165, 1.54) is 12.3 Å². The Morgan fingerprint density at radius 1 is 1.31 bits per heavy atom. The summed E-state index contributed by atoms with van der Waals surface area (Å²) in [5, 5.41) is 15.4. The third-order valence-corrected chi connectivity index (χ3v) is 5.10. The average molecular weight is 366 g/mol. The van der Waals surface area contributed by atoms with Gasteiger partial charge in [0.05, 0.1) is 27.1 Å². The van der Waals surface area contributed by atoms with Gasteiger partial charge in [-0.25, -0.2) is 5.43 Å². The van der Waals surface area contributed by atoms with E-state index < -0.39 is 4.92 Å². The molecule has 0 spiro atoms. The number of nitrogens with one attached hydrogen (secondary N) is 1. The maximum atomic E-state index is 12.6. The Morgan fingerprint density at radius 2 is 2.12 bits per heavy atom. The molecule has 0 bridgehead atoms. The lowest BCUT2D eigenvalue weighted by atomic mass is 10.1. The molecule has 4 rings (SSSR count). The van der Waals surface area contributed by atoms with Crippen LogP contribution in [0.1, 0.15) is 39.7 Å². The van der Waals surface area contributed by atoms with Gasteiger partial charge in [0.25, 0.3) is 5.91 Å². The number of thiophene rings is 1. The van der Waals surface area contributed by atoms with E-state index in [0.717, 1.165) is 40.8 Å². The fourth-order valence-electron chi connectivity index (χ4n) is 2.70. The number of carbonyl (C=O) groups excluding carboxylic acids is 1. The Morgan fingerprint density at radius 3 is 2.85 bits per heavy atom. The van der Waals surface area contributed by atoms with E-state index in [-0.39, 0.29) is 10.9 Å². The summed E-state index contributed by atoms with van der Waals surface area (Å²) >= 11 is 0.996. The summed E-state index contributed by atoms with van der Waals surface area (Å²) in [5.41, 5.74) is 4.77. The van der Waals surface area contributed by atoms with Crippen molar-refractivity contribution in [1.29, 1.82) is 0 Å². The number of hydrogen-bond donors (Lipinski definition) is 1. The van der Waals surface area contributed by atoms with Gasteiger partial charge in [0.1, 0.15) is 0 Å². The molecule has 0 aliphatic heterocycles. The summed E-state index contributed by atoms with van der Waals surface area (Å²) in [5.74, 6) is 0.106. The molecule has 2 heterocycles. The van der Waals surface area contributed by atoms with Gasteiger partial charge in [-0.15, -0.1) is 0 Å². The van der Waals surface area contributed by atoms with Crippen LogP contribution in [0.15, 0.2) is 47.6 Å². The molecule has 0 radical (unpaired) electrons. The van der Waals surface area contributed by atoms with Crippen LogP contribution in [0, 0.1) is 10.1 Å². The molecule has 1 N–H and O–H groups in total. The molecule has 1 amide bonds. The summed E-state index contributed by atoms with van der Waals surface area (Å²) in [4.78, 5) is 28.1. The first-order valence-corrected chi connectivity index (χ1v) is 8.91. The van der Waals surface area contributed by atoms with E-state index in [4.69, 9.17) is 0 Å². The molecule has 1 aromatic carbocycles. The second-order valence-electron chi connectivity index (χ2n) is 6.02.